The zero-order valence-corrected chi connectivity index (χ0v) is 16.4. The first-order valence-corrected chi connectivity index (χ1v) is 10.0. The number of nitrogens with zero attached hydrogens (tertiary/aromatic N) is 3. The van der Waals surface area contributed by atoms with E-state index in [-0.39, 0.29) is 0 Å². The number of nitrogens with one attached hydrogen (secondary N) is 1. The maximum atomic E-state index is 11.9. The minimum absolute atomic E-state index is 0.406. The second kappa shape index (κ2) is 7.66. The lowest BCUT2D eigenvalue weighted by Gasteiger charge is -2.26. The third-order valence-corrected chi connectivity index (χ3v) is 5.46. The SMILES string of the molecule is CCCOc1ccc(N)cc1C1=NC(C=O)c2c(C)nc(C3CCCC3)n2N1. The molecule has 0 bridgehead atoms. The Morgan fingerprint density at radius 3 is 2.86 bits per heavy atom. The minimum atomic E-state index is -0.598. The molecule has 0 saturated heterocycles. The van der Waals surface area contributed by atoms with Crippen LogP contribution in [0.5, 0.6) is 5.75 Å². The van der Waals surface area contributed by atoms with E-state index in [9.17, 15) is 4.79 Å². The van der Waals surface area contributed by atoms with Crippen molar-refractivity contribution in [3.63, 3.8) is 0 Å². The summed E-state index contributed by atoms with van der Waals surface area (Å²) in [4.78, 5) is 21.3. The van der Waals surface area contributed by atoms with E-state index in [0.29, 0.717) is 29.8 Å². The highest BCUT2D eigenvalue weighted by Crippen LogP contribution is 2.37. The van der Waals surface area contributed by atoms with Gasteiger partial charge < -0.3 is 15.3 Å². The highest BCUT2D eigenvalue weighted by Gasteiger charge is 2.32. The molecule has 7 nitrogen and oxygen atoms in total. The Labute approximate surface area is 165 Å². The third kappa shape index (κ3) is 3.25. The number of nitrogen functional groups attached to an aromatic ring is 1. The fraction of sp³-hybridized carbons (Fsp3) is 0.476. The first-order valence-electron chi connectivity index (χ1n) is 10.0. The maximum absolute atomic E-state index is 11.9. The number of aryl methyl sites for hydroxylation is 1. The Kier molecular flexibility index (Phi) is 5.07. The smallest absolute Gasteiger partial charge is 0.152 e. The van der Waals surface area contributed by atoms with Gasteiger partial charge in [0, 0.05) is 11.6 Å². The van der Waals surface area contributed by atoms with Crippen molar-refractivity contribution in [2.45, 2.75) is 57.9 Å². The number of nitrogens with two attached hydrogens (primary N) is 1. The third-order valence-electron chi connectivity index (χ3n) is 5.46. The first-order chi connectivity index (χ1) is 13.6. The van der Waals surface area contributed by atoms with Gasteiger partial charge in [-0.2, -0.15) is 0 Å². The molecule has 1 aromatic carbocycles. The normalized spacial score (nSPS) is 19.1. The van der Waals surface area contributed by atoms with E-state index in [1.54, 1.807) is 0 Å². The quantitative estimate of drug-likeness (QED) is 0.590. The fourth-order valence-corrected chi connectivity index (χ4v) is 4.12. The lowest BCUT2D eigenvalue weighted by atomic mass is 10.1. The number of aliphatic imine (C=N–C) groups is 1. The van der Waals surface area contributed by atoms with Crippen LogP contribution in [0.2, 0.25) is 0 Å². The molecule has 2 aliphatic rings. The van der Waals surface area contributed by atoms with Crippen LogP contribution in [0.4, 0.5) is 5.69 Å². The first kappa shape index (κ1) is 18.5. The standard InChI is InChI=1S/C21H27N5O2/c1-3-10-28-18-9-8-15(22)11-16(18)20-24-17(12-27)19-13(2)23-21(26(19)25-20)14-6-4-5-7-14/h8-9,11-12,14,17H,3-7,10,22H2,1-2H3,(H,24,25). The zero-order valence-electron chi connectivity index (χ0n) is 16.4. The van der Waals surface area contributed by atoms with Crippen molar-refractivity contribution >= 4 is 17.8 Å². The topological polar surface area (TPSA) is 94.5 Å². The molecule has 0 spiro atoms. The van der Waals surface area contributed by atoms with Crippen LogP contribution in [0.3, 0.4) is 0 Å². The monoisotopic (exact) mass is 381 g/mol. The number of benzene rings is 1. The van der Waals surface area contributed by atoms with Crippen LogP contribution < -0.4 is 15.9 Å². The molecular weight excluding hydrogens is 354 g/mol. The van der Waals surface area contributed by atoms with Gasteiger partial charge in [-0.05, 0) is 44.4 Å². The minimum Gasteiger partial charge on any atom is -0.493 e. The van der Waals surface area contributed by atoms with Crippen LogP contribution >= 0.6 is 0 Å². The van der Waals surface area contributed by atoms with E-state index in [1.165, 1.54) is 12.8 Å². The summed E-state index contributed by atoms with van der Waals surface area (Å²) in [6.45, 7) is 4.60. The number of rotatable bonds is 6. The molecule has 2 heterocycles. The lowest BCUT2D eigenvalue weighted by molar-refractivity contribution is -0.109. The van der Waals surface area contributed by atoms with Crippen molar-refractivity contribution in [3.8, 4) is 5.75 Å². The number of anilines is 1. The molecule has 3 N–H and O–H groups in total. The second-order valence-corrected chi connectivity index (χ2v) is 7.53. The van der Waals surface area contributed by atoms with Gasteiger partial charge in [0.25, 0.3) is 0 Å². The van der Waals surface area contributed by atoms with Gasteiger partial charge in [-0.3, -0.25) is 5.43 Å². The number of carbonyl (C=O) groups excluding carboxylic acids is 1. The molecule has 1 atom stereocenters. The van der Waals surface area contributed by atoms with E-state index in [4.69, 9.17) is 15.5 Å². The largest absolute Gasteiger partial charge is 0.493 e. The number of imidazole rings is 1. The molecule has 1 unspecified atom stereocenters. The Morgan fingerprint density at radius 2 is 2.14 bits per heavy atom. The van der Waals surface area contributed by atoms with Crippen LogP contribution in [0.1, 0.15) is 73.8 Å². The summed E-state index contributed by atoms with van der Waals surface area (Å²) in [7, 11) is 0. The van der Waals surface area contributed by atoms with Crippen molar-refractivity contribution in [3.05, 3.63) is 41.0 Å². The van der Waals surface area contributed by atoms with Crippen LogP contribution in [0.25, 0.3) is 0 Å². The Balaban J connectivity index is 1.77. The van der Waals surface area contributed by atoms with E-state index < -0.39 is 6.04 Å². The van der Waals surface area contributed by atoms with Crippen LogP contribution in [-0.4, -0.2) is 28.4 Å². The molecule has 7 heteroatoms. The van der Waals surface area contributed by atoms with Gasteiger partial charge in [-0.1, -0.05) is 19.8 Å². The molecule has 28 heavy (non-hydrogen) atoms. The lowest BCUT2D eigenvalue weighted by Crippen LogP contribution is -2.34. The van der Waals surface area contributed by atoms with Gasteiger partial charge in [0.2, 0.25) is 0 Å². The number of ether oxygens (including phenoxy) is 1. The summed E-state index contributed by atoms with van der Waals surface area (Å²) < 4.78 is 7.87. The molecular formula is C21H27N5O2. The van der Waals surface area contributed by atoms with E-state index >= 15 is 0 Å². The van der Waals surface area contributed by atoms with E-state index in [2.05, 4.69) is 17.3 Å². The predicted molar refractivity (Wildman–Crippen MR) is 110 cm³/mol. The Hall–Kier alpha value is -2.83. The van der Waals surface area contributed by atoms with Crippen LogP contribution in [-0.2, 0) is 4.79 Å². The average molecular weight is 381 g/mol. The second-order valence-electron chi connectivity index (χ2n) is 7.53. The number of fused-ring (bicyclic) bond motifs is 1. The molecule has 4 rings (SSSR count). The number of hydrogen-bond donors (Lipinski definition) is 2. The predicted octanol–water partition coefficient (Wildman–Crippen LogP) is 3.46. The molecule has 1 aliphatic heterocycles. The van der Waals surface area contributed by atoms with Gasteiger partial charge in [0.05, 0.1) is 23.6 Å². The van der Waals surface area contributed by atoms with Gasteiger partial charge in [0.1, 0.15) is 11.6 Å². The molecule has 1 fully saturated rings. The molecule has 1 aromatic heterocycles. The van der Waals surface area contributed by atoms with Crippen molar-refractivity contribution < 1.29 is 9.53 Å². The highest BCUT2D eigenvalue weighted by molar-refractivity contribution is 6.08. The summed E-state index contributed by atoms with van der Waals surface area (Å²) in [5.41, 5.74) is 12.5. The van der Waals surface area contributed by atoms with Crippen LogP contribution in [0.15, 0.2) is 23.2 Å². The van der Waals surface area contributed by atoms with Gasteiger partial charge in [-0.25, -0.2) is 14.7 Å². The molecule has 1 aliphatic carbocycles. The number of aromatic nitrogens is 2. The average Bonchev–Trinajstić information content (AvgIpc) is 3.34. The summed E-state index contributed by atoms with van der Waals surface area (Å²) in [5, 5.41) is 0. The molecule has 0 amide bonds. The van der Waals surface area contributed by atoms with Crippen molar-refractivity contribution in [2.75, 3.05) is 17.8 Å². The van der Waals surface area contributed by atoms with Crippen molar-refractivity contribution in [2.24, 2.45) is 4.99 Å². The molecule has 0 radical (unpaired) electrons. The molecule has 148 valence electrons. The Bertz CT molecular complexity index is 912. The summed E-state index contributed by atoms with van der Waals surface area (Å²) in [6, 6.07) is 4.90. The summed E-state index contributed by atoms with van der Waals surface area (Å²) in [5.74, 6) is 2.68. The summed E-state index contributed by atoms with van der Waals surface area (Å²) >= 11 is 0. The Morgan fingerprint density at radius 1 is 1.36 bits per heavy atom. The zero-order chi connectivity index (χ0) is 19.7. The van der Waals surface area contributed by atoms with Gasteiger partial charge in [-0.15, -0.1) is 0 Å². The van der Waals surface area contributed by atoms with E-state index in [1.807, 2.05) is 29.8 Å². The van der Waals surface area contributed by atoms with Gasteiger partial charge >= 0.3 is 0 Å². The molecule has 2 aromatic rings. The number of aldehydes is 1. The fourth-order valence-electron chi connectivity index (χ4n) is 4.12. The highest BCUT2D eigenvalue weighted by atomic mass is 16.5. The van der Waals surface area contributed by atoms with Crippen molar-refractivity contribution in [1.29, 1.82) is 0 Å². The van der Waals surface area contributed by atoms with Gasteiger partial charge in [0.15, 0.2) is 18.2 Å². The number of amidine groups is 1. The number of carbonyl (C=O) groups is 1. The number of hydrogen-bond acceptors (Lipinski definition) is 6. The van der Waals surface area contributed by atoms with Crippen LogP contribution in [0, 0.1) is 6.92 Å². The maximum Gasteiger partial charge on any atom is 0.152 e. The summed E-state index contributed by atoms with van der Waals surface area (Å²) in [6.07, 6.45) is 6.45. The van der Waals surface area contributed by atoms with E-state index in [0.717, 1.165) is 48.3 Å². The van der Waals surface area contributed by atoms with Crippen molar-refractivity contribution in [1.82, 2.24) is 9.66 Å². The molecule has 1 saturated carbocycles.